The van der Waals surface area contributed by atoms with Gasteiger partial charge in [-0.1, -0.05) is 36.4 Å². The Hall–Kier alpha value is -2.82. The first kappa shape index (κ1) is 15.6. The highest BCUT2D eigenvalue weighted by Crippen LogP contribution is 2.27. The quantitative estimate of drug-likeness (QED) is 0.859. The molecule has 0 spiro atoms. The molecule has 114 valence electrons. The van der Waals surface area contributed by atoms with Crippen molar-refractivity contribution >= 4 is 11.9 Å². The van der Waals surface area contributed by atoms with Crippen molar-refractivity contribution in [3.8, 4) is 5.75 Å². The number of carboxylic acids is 1. The van der Waals surface area contributed by atoms with Crippen molar-refractivity contribution in [3.63, 3.8) is 0 Å². The Labute approximate surface area is 128 Å². The Bertz CT molecular complexity index is 655. The van der Waals surface area contributed by atoms with Gasteiger partial charge in [-0.05, 0) is 18.2 Å². The van der Waals surface area contributed by atoms with Gasteiger partial charge in [-0.3, -0.25) is 9.59 Å². The van der Waals surface area contributed by atoms with Crippen molar-refractivity contribution in [2.75, 3.05) is 7.11 Å². The number of carboxylic acid groups (broad SMARTS) is 1. The second kappa shape index (κ2) is 7.26. The molecule has 0 saturated carbocycles. The molecular formula is C17H17NO4. The highest BCUT2D eigenvalue weighted by molar-refractivity contribution is 5.94. The zero-order valence-electron chi connectivity index (χ0n) is 12.2. The van der Waals surface area contributed by atoms with E-state index in [0.717, 1.165) is 0 Å². The highest BCUT2D eigenvalue weighted by Gasteiger charge is 2.21. The average Bonchev–Trinajstić information content (AvgIpc) is 2.54. The predicted molar refractivity (Wildman–Crippen MR) is 81.9 cm³/mol. The Morgan fingerprint density at radius 2 is 1.73 bits per heavy atom. The standard InChI is InChI=1S/C17H17NO4/c1-22-15-10-6-5-9-13(15)14(11-16(19)20)18-17(21)12-7-3-2-4-8-12/h2-10,14H,11H2,1H3,(H,18,21)(H,19,20). The summed E-state index contributed by atoms with van der Waals surface area (Å²) < 4.78 is 5.25. The lowest BCUT2D eigenvalue weighted by Gasteiger charge is -2.20. The van der Waals surface area contributed by atoms with Gasteiger partial charge in [-0.15, -0.1) is 0 Å². The maximum atomic E-state index is 12.3. The lowest BCUT2D eigenvalue weighted by atomic mass is 10.0. The van der Waals surface area contributed by atoms with Gasteiger partial charge in [0, 0.05) is 11.1 Å². The topological polar surface area (TPSA) is 75.6 Å². The van der Waals surface area contributed by atoms with Crippen molar-refractivity contribution in [2.24, 2.45) is 0 Å². The van der Waals surface area contributed by atoms with E-state index < -0.39 is 12.0 Å². The van der Waals surface area contributed by atoms with Gasteiger partial charge in [-0.2, -0.15) is 0 Å². The molecule has 1 amide bonds. The molecule has 0 saturated heterocycles. The Balaban J connectivity index is 2.27. The summed E-state index contributed by atoms with van der Waals surface area (Å²) in [6, 6.07) is 15.1. The van der Waals surface area contributed by atoms with Crippen LogP contribution in [-0.2, 0) is 4.79 Å². The van der Waals surface area contributed by atoms with E-state index in [1.54, 1.807) is 48.5 Å². The molecule has 22 heavy (non-hydrogen) atoms. The lowest BCUT2D eigenvalue weighted by molar-refractivity contribution is -0.137. The van der Waals surface area contributed by atoms with Crippen molar-refractivity contribution in [2.45, 2.75) is 12.5 Å². The molecular weight excluding hydrogens is 282 g/mol. The van der Waals surface area contributed by atoms with E-state index in [0.29, 0.717) is 16.9 Å². The molecule has 2 aromatic carbocycles. The third-order valence-electron chi connectivity index (χ3n) is 3.23. The van der Waals surface area contributed by atoms with Gasteiger partial charge in [0.25, 0.3) is 5.91 Å². The number of rotatable bonds is 6. The van der Waals surface area contributed by atoms with E-state index in [4.69, 9.17) is 9.84 Å². The smallest absolute Gasteiger partial charge is 0.305 e. The SMILES string of the molecule is COc1ccccc1C(CC(=O)O)NC(=O)c1ccccc1. The molecule has 0 aliphatic rings. The molecule has 0 aliphatic carbocycles. The summed E-state index contributed by atoms with van der Waals surface area (Å²) in [5.74, 6) is -0.774. The number of ether oxygens (including phenoxy) is 1. The summed E-state index contributed by atoms with van der Waals surface area (Å²) in [6.45, 7) is 0. The summed E-state index contributed by atoms with van der Waals surface area (Å²) >= 11 is 0. The molecule has 0 heterocycles. The number of hydrogen-bond acceptors (Lipinski definition) is 3. The zero-order valence-corrected chi connectivity index (χ0v) is 12.2. The van der Waals surface area contributed by atoms with Gasteiger partial charge >= 0.3 is 5.97 Å². The normalized spacial score (nSPS) is 11.5. The van der Waals surface area contributed by atoms with Crippen LogP contribution in [0.2, 0.25) is 0 Å². The number of hydrogen-bond donors (Lipinski definition) is 2. The number of nitrogens with one attached hydrogen (secondary N) is 1. The van der Waals surface area contributed by atoms with E-state index >= 15 is 0 Å². The van der Waals surface area contributed by atoms with E-state index in [2.05, 4.69) is 5.32 Å². The van der Waals surface area contributed by atoms with Crippen LogP contribution in [0.3, 0.4) is 0 Å². The summed E-state index contributed by atoms with van der Waals surface area (Å²) in [5.41, 5.74) is 1.12. The fourth-order valence-electron chi connectivity index (χ4n) is 2.20. The van der Waals surface area contributed by atoms with Crippen molar-refractivity contribution in [1.82, 2.24) is 5.32 Å². The number of carbonyl (C=O) groups excluding carboxylic acids is 1. The van der Waals surface area contributed by atoms with Crippen LogP contribution in [0.4, 0.5) is 0 Å². The average molecular weight is 299 g/mol. The molecule has 5 nitrogen and oxygen atoms in total. The highest BCUT2D eigenvalue weighted by atomic mass is 16.5. The molecule has 0 fully saturated rings. The number of methoxy groups -OCH3 is 1. The van der Waals surface area contributed by atoms with Crippen LogP contribution >= 0.6 is 0 Å². The summed E-state index contributed by atoms with van der Waals surface area (Å²) in [4.78, 5) is 23.4. The van der Waals surface area contributed by atoms with Crippen LogP contribution in [0.1, 0.15) is 28.4 Å². The van der Waals surface area contributed by atoms with Crippen LogP contribution in [0.15, 0.2) is 54.6 Å². The molecule has 5 heteroatoms. The van der Waals surface area contributed by atoms with Crippen molar-refractivity contribution in [3.05, 3.63) is 65.7 Å². The number of carbonyl (C=O) groups is 2. The van der Waals surface area contributed by atoms with Crippen molar-refractivity contribution in [1.29, 1.82) is 0 Å². The first-order valence-corrected chi connectivity index (χ1v) is 6.82. The maximum Gasteiger partial charge on any atom is 0.305 e. The van der Waals surface area contributed by atoms with E-state index in [1.165, 1.54) is 7.11 Å². The summed E-state index contributed by atoms with van der Waals surface area (Å²) in [7, 11) is 1.51. The lowest BCUT2D eigenvalue weighted by Crippen LogP contribution is -2.30. The first-order valence-electron chi connectivity index (χ1n) is 6.82. The fraction of sp³-hybridized carbons (Fsp3) is 0.176. The fourth-order valence-corrected chi connectivity index (χ4v) is 2.20. The molecule has 1 unspecified atom stereocenters. The predicted octanol–water partition coefficient (Wildman–Crippen LogP) is 2.64. The number of benzene rings is 2. The van der Waals surface area contributed by atoms with Gasteiger partial charge in [0.2, 0.25) is 0 Å². The van der Waals surface area contributed by atoms with Gasteiger partial charge in [0.15, 0.2) is 0 Å². The summed E-state index contributed by atoms with van der Waals surface area (Å²) in [5, 5.41) is 11.9. The Morgan fingerprint density at radius 1 is 1.09 bits per heavy atom. The minimum atomic E-state index is -0.996. The molecule has 2 aromatic rings. The molecule has 0 radical (unpaired) electrons. The van der Waals surface area contributed by atoms with E-state index in [1.807, 2.05) is 6.07 Å². The first-order chi connectivity index (χ1) is 10.6. The Morgan fingerprint density at radius 3 is 2.36 bits per heavy atom. The maximum absolute atomic E-state index is 12.3. The third-order valence-corrected chi connectivity index (χ3v) is 3.23. The molecule has 1 atom stereocenters. The molecule has 0 aliphatic heterocycles. The number of para-hydroxylation sites is 1. The minimum absolute atomic E-state index is 0.223. The van der Waals surface area contributed by atoms with Crippen LogP contribution in [-0.4, -0.2) is 24.1 Å². The van der Waals surface area contributed by atoms with E-state index in [-0.39, 0.29) is 12.3 Å². The minimum Gasteiger partial charge on any atom is -0.496 e. The van der Waals surface area contributed by atoms with Crippen LogP contribution in [0.25, 0.3) is 0 Å². The molecule has 2 rings (SSSR count). The Kier molecular flexibility index (Phi) is 5.14. The number of aliphatic carboxylic acids is 1. The van der Waals surface area contributed by atoms with Crippen LogP contribution in [0.5, 0.6) is 5.75 Å². The van der Waals surface area contributed by atoms with Crippen molar-refractivity contribution < 1.29 is 19.4 Å². The van der Waals surface area contributed by atoms with Gasteiger partial charge in [0.05, 0.1) is 19.6 Å². The molecule has 2 N–H and O–H groups in total. The van der Waals surface area contributed by atoms with E-state index in [9.17, 15) is 9.59 Å². The molecule has 0 aromatic heterocycles. The number of amides is 1. The zero-order chi connectivity index (χ0) is 15.9. The van der Waals surface area contributed by atoms with Gasteiger partial charge in [0.1, 0.15) is 5.75 Å². The monoisotopic (exact) mass is 299 g/mol. The van der Waals surface area contributed by atoms with Crippen LogP contribution in [0, 0.1) is 0 Å². The largest absolute Gasteiger partial charge is 0.496 e. The van der Waals surface area contributed by atoms with Gasteiger partial charge in [-0.25, -0.2) is 0 Å². The second-order valence-electron chi connectivity index (χ2n) is 4.73. The summed E-state index contributed by atoms with van der Waals surface area (Å²) in [6.07, 6.45) is -0.223. The molecule has 0 bridgehead atoms. The third kappa shape index (κ3) is 3.85. The van der Waals surface area contributed by atoms with Gasteiger partial charge < -0.3 is 15.2 Å². The van der Waals surface area contributed by atoms with Crippen LogP contribution < -0.4 is 10.1 Å². The second-order valence-corrected chi connectivity index (χ2v) is 4.73.